The fourth-order valence-corrected chi connectivity index (χ4v) is 4.94. The van der Waals surface area contributed by atoms with Crippen LogP contribution in [0.1, 0.15) is 22.1 Å². The van der Waals surface area contributed by atoms with Gasteiger partial charge in [0.15, 0.2) is 0 Å². The molecule has 4 nitrogen and oxygen atoms in total. The van der Waals surface area contributed by atoms with Crippen molar-refractivity contribution in [3.05, 3.63) is 82.8 Å². The van der Waals surface area contributed by atoms with Crippen LogP contribution < -0.4 is 0 Å². The van der Waals surface area contributed by atoms with Gasteiger partial charge in [-0.25, -0.2) is 0 Å². The van der Waals surface area contributed by atoms with Crippen molar-refractivity contribution >= 4 is 21.4 Å². The zero-order chi connectivity index (χ0) is 18.1. The number of fused-ring (bicyclic) bond motifs is 2. The molecule has 0 spiro atoms. The SMILES string of the molecule is c1ccc(Cc2nnc3n2CCN(Cc2cc4ccccc4s2)CC3)cc1. The van der Waals surface area contributed by atoms with Gasteiger partial charge in [-0.05, 0) is 23.1 Å². The van der Waals surface area contributed by atoms with Gasteiger partial charge in [0.25, 0.3) is 0 Å². The van der Waals surface area contributed by atoms with Crippen molar-refractivity contribution in [1.29, 1.82) is 0 Å². The summed E-state index contributed by atoms with van der Waals surface area (Å²) in [6, 6.07) is 21.5. The lowest BCUT2D eigenvalue weighted by Crippen LogP contribution is -2.26. The second kappa shape index (κ2) is 7.25. The maximum atomic E-state index is 4.48. The van der Waals surface area contributed by atoms with Crippen LogP contribution in [0.25, 0.3) is 10.1 Å². The minimum absolute atomic E-state index is 0.851. The first-order valence-corrected chi connectivity index (χ1v) is 10.3. The lowest BCUT2D eigenvalue weighted by molar-refractivity contribution is 0.273. The van der Waals surface area contributed by atoms with Crippen LogP contribution in [-0.2, 0) is 25.9 Å². The summed E-state index contributed by atoms with van der Waals surface area (Å²) in [5, 5.41) is 10.3. The standard InChI is InChI=1S/C22H22N4S/c1-2-6-17(7-3-1)14-22-24-23-21-10-11-25(12-13-26(21)22)16-19-15-18-8-4-5-9-20(18)27-19/h1-9,15H,10-14,16H2. The first kappa shape index (κ1) is 16.7. The molecule has 5 heteroatoms. The number of nitrogens with zero attached hydrogens (tertiary/aromatic N) is 4. The third kappa shape index (κ3) is 3.53. The van der Waals surface area contributed by atoms with Gasteiger partial charge < -0.3 is 4.57 Å². The van der Waals surface area contributed by atoms with Crippen molar-refractivity contribution in [3.63, 3.8) is 0 Å². The van der Waals surface area contributed by atoms with Crippen LogP contribution in [0.5, 0.6) is 0 Å². The maximum Gasteiger partial charge on any atom is 0.137 e. The molecule has 0 unspecified atom stereocenters. The molecule has 0 atom stereocenters. The van der Waals surface area contributed by atoms with E-state index < -0.39 is 0 Å². The molecule has 0 fully saturated rings. The zero-order valence-corrected chi connectivity index (χ0v) is 16.0. The molecule has 3 heterocycles. The first-order chi connectivity index (χ1) is 13.3. The topological polar surface area (TPSA) is 34.0 Å². The van der Waals surface area contributed by atoms with E-state index in [0.717, 1.165) is 50.7 Å². The van der Waals surface area contributed by atoms with E-state index in [9.17, 15) is 0 Å². The molecule has 0 aliphatic carbocycles. The Kier molecular flexibility index (Phi) is 4.47. The summed E-state index contributed by atoms with van der Waals surface area (Å²) in [7, 11) is 0. The van der Waals surface area contributed by atoms with E-state index in [-0.39, 0.29) is 0 Å². The largest absolute Gasteiger partial charge is 0.313 e. The summed E-state index contributed by atoms with van der Waals surface area (Å²) >= 11 is 1.91. The van der Waals surface area contributed by atoms with Gasteiger partial charge in [-0.3, -0.25) is 4.90 Å². The minimum atomic E-state index is 0.851. The molecule has 0 N–H and O–H groups in total. The number of hydrogen-bond acceptors (Lipinski definition) is 4. The molecule has 136 valence electrons. The van der Waals surface area contributed by atoms with Gasteiger partial charge in [0, 0.05) is 48.6 Å². The molecule has 2 aromatic heterocycles. The quantitative estimate of drug-likeness (QED) is 0.538. The summed E-state index contributed by atoms with van der Waals surface area (Å²) in [5.74, 6) is 2.21. The van der Waals surface area contributed by atoms with Crippen LogP contribution in [0.2, 0.25) is 0 Å². The number of aromatic nitrogens is 3. The molecule has 0 saturated carbocycles. The maximum absolute atomic E-state index is 4.48. The van der Waals surface area contributed by atoms with Crippen LogP contribution in [-0.4, -0.2) is 32.8 Å². The number of thiophene rings is 1. The van der Waals surface area contributed by atoms with Crippen molar-refractivity contribution in [3.8, 4) is 0 Å². The van der Waals surface area contributed by atoms with Gasteiger partial charge in [0.1, 0.15) is 11.6 Å². The Hall–Kier alpha value is -2.50. The lowest BCUT2D eigenvalue weighted by atomic mass is 10.1. The number of hydrogen-bond donors (Lipinski definition) is 0. The molecule has 1 aliphatic heterocycles. The Morgan fingerprint density at radius 1 is 0.889 bits per heavy atom. The summed E-state index contributed by atoms with van der Waals surface area (Å²) in [6.45, 7) is 4.07. The van der Waals surface area contributed by atoms with Gasteiger partial charge in [0.05, 0.1) is 0 Å². The van der Waals surface area contributed by atoms with Gasteiger partial charge >= 0.3 is 0 Å². The van der Waals surface area contributed by atoms with E-state index in [0.29, 0.717) is 0 Å². The summed E-state index contributed by atoms with van der Waals surface area (Å²) < 4.78 is 3.71. The second-order valence-corrected chi connectivity index (χ2v) is 8.29. The van der Waals surface area contributed by atoms with Crippen LogP contribution in [0, 0.1) is 0 Å². The Balaban J connectivity index is 1.29. The van der Waals surface area contributed by atoms with E-state index >= 15 is 0 Å². The van der Waals surface area contributed by atoms with Crippen LogP contribution in [0.4, 0.5) is 0 Å². The highest BCUT2D eigenvalue weighted by Gasteiger charge is 2.19. The first-order valence-electron chi connectivity index (χ1n) is 9.50. The molecule has 4 aromatic rings. The van der Waals surface area contributed by atoms with Crippen molar-refractivity contribution in [2.24, 2.45) is 0 Å². The highest BCUT2D eigenvalue weighted by atomic mass is 32.1. The second-order valence-electron chi connectivity index (χ2n) is 7.12. The number of rotatable bonds is 4. The summed E-state index contributed by atoms with van der Waals surface area (Å²) in [5.41, 5.74) is 1.29. The molecule has 5 rings (SSSR count). The summed E-state index contributed by atoms with van der Waals surface area (Å²) in [6.07, 6.45) is 1.82. The molecule has 0 radical (unpaired) electrons. The van der Waals surface area contributed by atoms with Crippen LogP contribution in [0.3, 0.4) is 0 Å². The molecule has 0 bridgehead atoms. The normalized spacial score (nSPS) is 15.0. The van der Waals surface area contributed by atoms with Gasteiger partial charge in [0.2, 0.25) is 0 Å². The highest BCUT2D eigenvalue weighted by Crippen LogP contribution is 2.26. The van der Waals surface area contributed by atoms with Gasteiger partial charge in [-0.1, -0.05) is 48.5 Å². The number of benzene rings is 2. The minimum Gasteiger partial charge on any atom is -0.313 e. The van der Waals surface area contributed by atoms with Gasteiger partial charge in [-0.2, -0.15) is 0 Å². The Morgan fingerprint density at radius 2 is 1.74 bits per heavy atom. The molecular formula is C22H22N4S. The van der Waals surface area contributed by atoms with Crippen molar-refractivity contribution < 1.29 is 0 Å². The predicted molar refractivity (Wildman–Crippen MR) is 110 cm³/mol. The molecular weight excluding hydrogens is 352 g/mol. The van der Waals surface area contributed by atoms with E-state index in [1.54, 1.807) is 0 Å². The van der Waals surface area contributed by atoms with E-state index in [1.807, 2.05) is 11.3 Å². The van der Waals surface area contributed by atoms with E-state index in [1.165, 1.54) is 20.5 Å². The predicted octanol–water partition coefficient (Wildman–Crippen LogP) is 4.14. The Morgan fingerprint density at radius 3 is 2.63 bits per heavy atom. The fraction of sp³-hybridized carbons (Fsp3) is 0.273. The fourth-order valence-electron chi connectivity index (χ4n) is 3.83. The molecule has 27 heavy (non-hydrogen) atoms. The molecule has 2 aromatic carbocycles. The van der Waals surface area contributed by atoms with E-state index in [4.69, 9.17) is 0 Å². The average Bonchev–Trinajstić information content (AvgIpc) is 3.22. The van der Waals surface area contributed by atoms with Crippen molar-refractivity contribution in [2.75, 3.05) is 13.1 Å². The lowest BCUT2D eigenvalue weighted by Gasteiger charge is -2.18. The zero-order valence-electron chi connectivity index (χ0n) is 15.2. The van der Waals surface area contributed by atoms with Crippen molar-refractivity contribution in [2.45, 2.75) is 25.9 Å². The molecule has 1 aliphatic rings. The van der Waals surface area contributed by atoms with E-state index in [2.05, 4.69) is 80.3 Å². The Labute approximate surface area is 163 Å². The Bertz CT molecular complexity index is 1020. The van der Waals surface area contributed by atoms with Gasteiger partial charge in [-0.15, -0.1) is 21.5 Å². The molecule has 0 amide bonds. The van der Waals surface area contributed by atoms with Crippen molar-refractivity contribution in [1.82, 2.24) is 19.7 Å². The highest BCUT2D eigenvalue weighted by molar-refractivity contribution is 7.19. The average molecular weight is 375 g/mol. The summed E-state index contributed by atoms with van der Waals surface area (Å²) in [4.78, 5) is 3.99. The third-order valence-corrected chi connectivity index (χ3v) is 6.36. The van der Waals surface area contributed by atoms with Crippen LogP contribution in [0.15, 0.2) is 60.7 Å². The van der Waals surface area contributed by atoms with Crippen LogP contribution >= 0.6 is 11.3 Å². The smallest absolute Gasteiger partial charge is 0.137 e. The third-order valence-electron chi connectivity index (χ3n) is 5.26. The monoisotopic (exact) mass is 374 g/mol. The molecule has 0 saturated heterocycles.